The molecule has 166 valence electrons. The minimum atomic E-state index is -0.664. The Hall–Kier alpha value is -2.88. The van der Waals surface area contributed by atoms with Crippen molar-refractivity contribution in [2.75, 3.05) is 39.4 Å². The minimum absolute atomic E-state index is 0.0707. The van der Waals surface area contributed by atoms with Crippen LogP contribution < -0.4 is 0 Å². The Balaban J connectivity index is 1.44. The second-order valence-corrected chi connectivity index (χ2v) is 8.06. The molecule has 4 rings (SSSR count). The van der Waals surface area contributed by atoms with Crippen LogP contribution in [0.5, 0.6) is 0 Å². The van der Waals surface area contributed by atoms with Crippen LogP contribution in [0, 0.1) is 18.7 Å². The van der Waals surface area contributed by atoms with Crippen molar-refractivity contribution in [2.24, 2.45) is 5.92 Å². The van der Waals surface area contributed by atoms with Crippen LogP contribution in [0.4, 0.5) is 4.39 Å². The van der Waals surface area contributed by atoms with Gasteiger partial charge in [-0.1, -0.05) is 12.1 Å². The summed E-state index contributed by atoms with van der Waals surface area (Å²) in [7, 11) is 0. The lowest BCUT2D eigenvalue weighted by Gasteiger charge is -2.36. The average molecular weight is 430 g/mol. The van der Waals surface area contributed by atoms with Crippen LogP contribution >= 0.6 is 0 Å². The molecule has 0 N–H and O–H groups in total. The fraction of sp³-hybridized carbons (Fsp3) is 0.571. The summed E-state index contributed by atoms with van der Waals surface area (Å²) < 4.78 is 20.5. The molecule has 2 amide bonds. The van der Waals surface area contributed by atoms with Crippen LogP contribution in [0.3, 0.4) is 0 Å². The van der Waals surface area contributed by atoms with Crippen molar-refractivity contribution < 1.29 is 18.7 Å². The molecular formula is C21H27FN6O3. The molecule has 0 unspecified atom stereocenters. The summed E-state index contributed by atoms with van der Waals surface area (Å²) in [6, 6.07) is 5.55. The fourth-order valence-corrected chi connectivity index (χ4v) is 4.29. The van der Waals surface area contributed by atoms with Gasteiger partial charge in [0.15, 0.2) is 0 Å². The highest BCUT2D eigenvalue weighted by molar-refractivity contribution is 5.82. The first-order valence-electron chi connectivity index (χ1n) is 10.7. The molecule has 3 heterocycles. The van der Waals surface area contributed by atoms with Gasteiger partial charge in [0, 0.05) is 38.5 Å². The number of benzene rings is 1. The molecule has 1 atom stereocenters. The second kappa shape index (κ2) is 9.51. The number of ether oxygens (including phenoxy) is 1. The first kappa shape index (κ1) is 21.4. The van der Waals surface area contributed by atoms with Gasteiger partial charge in [0.25, 0.3) is 0 Å². The zero-order valence-corrected chi connectivity index (χ0v) is 17.6. The van der Waals surface area contributed by atoms with E-state index >= 15 is 0 Å². The van der Waals surface area contributed by atoms with E-state index in [0.717, 1.165) is 0 Å². The molecule has 31 heavy (non-hydrogen) atoms. The Bertz CT molecular complexity index is 921. The van der Waals surface area contributed by atoms with Gasteiger partial charge in [-0.2, -0.15) is 0 Å². The van der Waals surface area contributed by atoms with E-state index in [1.54, 1.807) is 24.0 Å². The Kier molecular flexibility index (Phi) is 6.55. The van der Waals surface area contributed by atoms with E-state index in [2.05, 4.69) is 15.5 Å². The third kappa shape index (κ3) is 4.90. The number of aryl methyl sites for hydroxylation is 1. The predicted molar refractivity (Wildman–Crippen MR) is 108 cm³/mol. The van der Waals surface area contributed by atoms with Crippen LogP contribution in [-0.2, 0) is 20.7 Å². The first-order chi connectivity index (χ1) is 15.0. The van der Waals surface area contributed by atoms with E-state index in [-0.39, 0.29) is 30.0 Å². The van der Waals surface area contributed by atoms with Gasteiger partial charge >= 0.3 is 0 Å². The van der Waals surface area contributed by atoms with Crippen molar-refractivity contribution in [3.8, 4) is 0 Å². The van der Waals surface area contributed by atoms with Gasteiger partial charge in [-0.05, 0) is 47.9 Å². The zero-order chi connectivity index (χ0) is 21.8. The molecule has 1 aromatic heterocycles. The number of carbonyl (C=O) groups excluding carboxylic acids is 2. The lowest BCUT2D eigenvalue weighted by Crippen LogP contribution is -2.49. The van der Waals surface area contributed by atoms with Crippen LogP contribution in [0.2, 0.25) is 0 Å². The maximum absolute atomic E-state index is 13.7. The Morgan fingerprint density at radius 2 is 1.90 bits per heavy atom. The second-order valence-electron chi connectivity index (χ2n) is 8.06. The topological polar surface area (TPSA) is 93.5 Å². The van der Waals surface area contributed by atoms with Gasteiger partial charge in [0.05, 0.1) is 13.2 Å². The average Bonchev–Trinajstić information content (AvgIpc) is 3.23. The lowest BCUT2D eigenvalue weighted by atomic mass is 9.94. The summed E-state index contributed by atoms with van der Waals surface area (Å²) in [5, 5.41) is 11.6. The number of hydrogen-bond acceptors (Lipinski definition) is 6. The number of morpholine rings is 1. The van der Waals surface area contributed by atoms with E-state index in [4.69, 9.17) is 4.74 Å². The smallest absolute Gasteiger partial charge is 0.247 e. The molecule has 0 saturated carbocycles. The van der Waals surface area contributed by atoms with E-state index in [1.807, 2.05) is 4.90 Å². The summed E-state index contributed by atoms with van der Waals surface area (Å²) in [4.78, 5) is 29.8. The van der Waals surface area contributed by atoms with E-state index in [1.165, 1.54) is 16.8 Å². The Morgan fingerprint density at radius 1 is 1.16 bits per heavy atom. The molecule has 2 fully saturated rings. The molecule has 0 bridgehead atoms. The molecule has 1 aromatic carbocycles. The number of rotatable bonds is 5. The largest absolute Gasteiger partial charge is 0.378 e. The molecule has 9 nitrogen and oxygen atoms in total. The molecule has 2 aliphatic heterocycles. The van der Waals surface area contributed by atoms with Crippen LogP contribution in [0.1, 0.15) is 30.3 Å². The number of piperidine rings is 1. The maximum atomic E-state index is 13.7. The SMILES string of the molecule is Cc1nnnn1[C@H](Cc1cccc(F)c1)C(=O)N1CCC(C(=O)N2CCOCC2)CC1. The lowest BCUT2D eigenvalue weighted by molar-refractivity contribution is -0.144. The van der Waals surface area contributed by atoms with Crippen molar-refractivity contribution in [3.63, 3.8) is 0 Å². The quantitative estimate of drug-likeness (QED) is 0.703. The molecule has 2 saturated heterocycles. The number of aromatic nitrogens is 4. The van der Waals surface area contributed by atoms with Crippen molar-refractivity contribution in [2.45, 2.75) is 32.2 Å². The molecule has 2 aliphatic rings. The highest BCUT2D eigenvalue weighted by Gasteiger charge is 2.34. The van der Waals surface area contributed by atoms with Crippen molar-refractivity contribution >= 4 is 11.8 Å². The number of carbonyl (C=O) groups is 2. The van der Waals surface area contributed by atoms with Crippen LogP contribution in [0.15, 0.2) is 24.3 Å². The van der Waals surface area contributed by atoms with Crippen molar-refractivity contribution in [1.82, 2.24) is 30.0 Å². The number of tetrazole rings is 1. The van der Waals surface area contributed by atoms with E-state index < -0.39 is 6.04 Å². The zero-order valence-electron chi connectivity index (χ0n) is 17.6. The van der Waals surface area contributed by atoms with E-state index in [9.17, 15) is 14.0 Å². The van der Waals surface area contributed by atoms with Crippen molar-refractivity contribution in [3.05, 3.63) is 41.5 Å². The summed E-state index contributed by atoms with van der Waals surface area (Å²) in [5.41, 5.74) is 0.700. The summed E-state index contributed by atoms with van der Waals surface area (Å²) >= 11 is 0. The number of likely N-dealkylation sites (tertiary alicyclic amines) is 1. The number of hydrogen-bond donors (Lipinski definition) is 0. The molecule has 2 aromatic rings. The molecular weight excluding hydrogens is 403 g/mol. The van der Waals surface area contributed by atoms with Crippen molar-refractivity contribution in [1.29, 1.82) is 0 Å². The van der Waals surface area contributed by atoms with Crippen LogP contribution in [-0.4, -0.2) is 81.2 Å². The standard InChI is InChI=1S/C21H27FN6O3/c1-15-23-24-25-28(15)19(14-16-3-2-4-18(22)13-16)21(30)26-7-5-17(6-8-26)20(29)27-9-11-31-12-10-27/h2-4,13,17,19H,5-12,14H2,1H3/t19-/m1/s1. The van der Waals surface area contributed by atoms with Gasteiger partial charge in [-0.25, -0.2) is 9.07 Å². The fourth-order valence-electron chi connectivity index (χ4n) is 4.29. The molecule has 10 heteroatoms. The first-order valence-corrected chi connectivity index (χ1v) is 10.7. The predicted octanol–water partition coefficient (Wildman–Crippen LogP) is 1.00. The normalized spacial score (nSPS) is 18.8. The number of halogens is 1. The minimum Gasteiger partial charge on any atom is -0.378 e. The molecule has 0 radical (unpaired) electrons. The monoisotopic (exact) mass is 430 g/mol. The molecule has 0 spiro atoms. The summed E-state index contributed by atoms with van der Waals surface area (Å²) in [6.45, 7) is 5.16. The van der Waals surface area contributed by atoms with Gasteiger partial charge in [-0.3, -0.25) is 9.59 Å². The van der Waals surface area contributed by atoms with Crippen LogP contribution in [0.25, 0.3) is 0 Å². The summed E-state index contributed by atoms with van der Waals surface area (Å²) in [5.74, 6) is 0.144. The van der Waals surface area contributed by atoms with Gasteiger partial charge < -0.3 is 14.5 Å². The Morgan fingerprint density at radius 3 is 2.55 bits per heavy atom. The third-order valence-corrected chi connectivity index (χ3v) is 6.03. The number of amides is 2. The summed E-state index contributed by atoms with van der Waals surface area (Å²) in [6.07, 6.45) is 1.54. The molecule has 0 aliphatic carbocycles. The highest BCUT2D eigenvalue weighted by atomic mass is 19.1. The van der Waals surface area contributed by atoms with E-state index in [0.29, 0.717) is 63.6 Å². The third-order valence-electron chi connectivity index (χ3n) is 6.03. The van der Waals surface area contributed by atoms with Gasteiger partial charge in [0.2, 0.25) is 11.8 Å². The highest BCUT2D eigenvalue weighted by Crippen LogP contribution is 2.24. The Labute approximate surface area is 180 Å². The maximum Gasteiger partial charge on any atom is 0.247 e. The van der Waals surface area contributed by atoms with Gasteiger partial charge in [0.1, 0.15) is 17.7 Å². The van der Waals surface area contributed by atoms with Gasteiger partial charge in [-0.15, -0.1) is 5.10 Å². The number of nitrogens with zero attached hydrogens (tertiary/aromatic N) is 6.